The summed E-state index contributed by atoms with van der Waals surface area (Å²) >= 11 is 0. The molecular formula is C13H22N2O2. The summed E-state index contributed by atoms with van der Waals surface area (Å²) in [6.45, 7) is 7.55. The van der Waals surface area contributed by atoms with Gasteiger partial charge in [-0.3, -0.25) is 4.79 Å². The molecule has 1 atom stereocenters. The summed E-state index contributed by atoms with van der Waals surface area (Å²) in [6, 6.07) is 1.70. The Morgan fingerprint density at radius 2 is 2.18 bits per heavy atom. The van der Waals surface area contributed by atoms with Crippen molar-refractivity contribution in [3.63, 3.8) is 0 Å². The summed E-state index contributed by atoms with van der Waals surface area (Å²) in [5.41, 5.74) is 1.05. The summed E-state index contributed by atoms with van der Waals surface area (Å²) in [5, 5.41) is 6.07. The van der Waals surface area contributed by atoms with Gasteiger partial charge in [-0.15, -0.1) is 0 Å². The fourth-order valence-electron chi connectivity index (χ4n) is 1.39. The van der Waals surface area contributed by atoms with Crippen LogP contribution in [0.5, 0.6) is 0 Å². The number of nitrogens with one attached hydrogen (secondary N) is 2. The van der Waals surface area contributed by atoms with Crippen LogP contribution < -0.4 is 10.6 Å². The van der Waals surface area contributed by atoms with Gasteiger partial charge >= 0.3 is 0 Å². The fraction of sp³-hybridized carbons (Fsp3) is 0.615. The summed E-state index contributed by atoms with van der Waals surface area (Å²) in [4.78, 5) is 11.7. The largest absolute Gasteiger partial charge is 0.472 e. The Labute approximate surface area is 103 Å². The molecule has 96 valence electrons. The van der Waals surface area contributed by atoms with Gasteiger partial charge in [-0.05, 0) is 25.3 Å². The molecule has 4 nitrogen and oxygen atoms in total. The summed E-state index contributed by atoms with van der Waals surface area (Å²) in [5.74, 6) is 0.665. The molecule has 1 unspecified atom stereocenters. The first-order chi connectivity index (χ1) is 8.09. The average molecular weight is 238 g/mol. The van der Waals surface area contributed by atoms with Gasteiger partial charge in [0, 0.05) is 18.7 Å². The van der Waals surface area contributed by atoms with Crippen LogP contribution in [-0.2, 0) is 11.3 Å². The highest BCUT2D eigenvalue weighted by Gasteiger charge is 2.11. The number of hydrogen-bond acceptors (Lipinski definition) is 3. The molecule has 0 aliphatic heterocycles. The highest BCUT2D eigenvalue weighted by Crippen LogP contribution is 2.00. The van der Waals surface area contributed by atoms with E-state index in [1.165, 1.54) is 0 Å². The Kier molecular flexibility index (Phi) is 5.77. The van der Waals surface area contributed by atoms with Gasteiger partial charge in [-0.1, -0.05) is 13.8 Å². The van der Waals surface area contributed by atoms with Crippen molar-refractivity contribution in [3.8, 4) is 0 Å². The molecule has 4 heteroatoms. The first kappa shape index (κ1) is 13.8. The zero-order valence-electron chi connectivity index (χ0n) is 10.8. The summed E-state index contributed by atoms with van der Waals surface area (Å²) < 4.78 is 4.96. The highest BCUT2D eigenvalue weighted by molar-refractivity contribution is 5.81. The van der Waals surface area contributed by atoms with E-state index in [9.17, 15) is 4.79 Å². The Bertz CT molecular complexity index is 320. The average Bonchev–Trinajstić information content (AvgIpc) is 2.78. The molecule has 17 heavy (non-hydrogen) atoms. The maximum atomic E-state index is 11.7. The predicted octanol–water partition coefficient (Wildman–Crippen LogP) is 1.92. The molecule has 1 aromatic rings. The molecule has 1 heterocycles. The SMILES string of the molecule is CC(C)CCNC(=O)C(C)NCc1ccoc1. The summed E-state index contributed by atoms with van der Waals surface area (Å²) in [7, 11) is 0. The van der Waals surface area contributed by atoms with E-state index in [2.05, 4.69) is 24.5 Å². The van der Waals surface area contributed by atoms with Crippen molar-refractivity contribution >= 4 is 5.91 Å². The second kappa shape index (κ2) is 7.12. The van der Waals surface area contributed by atoms with Gasteiger partial charge in [0.15, 0.2) is 0 Å². The maximum Gasteiger partial charge on any atom is 0.236 e. The van der Waals surface area contributed by atoms with E-state index >= 15 is 0 Å². The smallest absolute Gasteiger partial charge is 0.236 e. The molecule has 2 N–H and O–H groups in total. The molecule has 0 aromatic carbocycles. The highest BCUT2D eigenvalue weighted by atomic mass is 16.3. The second-order valence-corrected chi connectivity index (χ2v) is 4.71. The molecule has 1 rings (SSSR count). The van der Waals surface area contributed by atoms with E-state index in [4.69, 9.17) is 4.42 Å². The number of amides is 1. The van der Waals surface area contributed by atoms with Gasteiger partial charge in [-0.25, -0.2) is 0 Å². The van der Waals surface area contributed by atoms with Crippen molar-refractivity contribution in [3.05, 3.63) is 24.2 Å². The van der Waals surface area contributed by atoms with E-state index in [1.54, 1.807) is 12.5 Å². The van der Waals surface area contributed by atoms with Crippen molar-refractivity contribution in [1.82, 2.24) is 10.6 Å². The minimum atomic E-state index is -0.183. The zero-order chi connectivity index (χ0) is 12.7. The molecule has 0 saturated heterocycles. The lowest BCUT2D eigenvalue weighted by Crippen LogP contribution is -2.42. The first-order valence-corrected chi connectivity index (χ1v) is 6.11. The van der Waals surface area contributed by atoms with Crippen molar-refractivity contribution in [2.24, 2.45) is 5.92 Å². The zero-order valence-corrected chi connectivity index (χ0v) is 10.8. The molecule has 1 amide bonds. The van der Waals surface area contributed by atoms with Gasteiger partial charge in [0.05, 0.1) is 18.6 Å². The monoisotopic (exact) mass is 238 g/mol. The third-order valence-corrected chi connectivity index (χ3v) is 2.61. The quantitative estimate of drug-likeness (QED) is 0.763. The van der Waals surface area contributed by atoms with Gasteiger partial charge in [0.1, 0.15) is 0 Å². The topological polar surface area (TPSA) is 54.3 Å². The lowest BCUT2D eigenvalue weighted by atomic mass is 10.1. The number of rotatable bonds is 7. The van der Waals surface area contributed by atoms with Crippen LogP contribution >= 0.6 is 0 Å². The number of furan rings is 1. The molecule has 0 radical (unpaired) electrons. The van der Waals surface area contributed by atoms with Gasteiger partial charge in [0.25, 0.3) is 0 Å². The van der Waals surface area contributed by atoms with Crippen molar-refractivity contribution < 1.29 is 9.21 Å². The molecule has 0 saturated carbocycles. The van der Waals surface area contributed by atoms with Crippen LogP contribution in [0, 0.1) is 5.92 Å². The van der Waals surface area contributed by atoms with Gasteiger partial charge in [-0.2, -0.15) is 0 Å². The minimum absolute atomic E-state index is 0.0501. The third kappa shape index (κ3) is 5.54. The standard InChI is InChI=1S/C13H22N2O2/c1-10(2)4-6-14-13(16)11(3)15-8-12-5-7-17-9-12/h5,7,9-11,15H,4,6,8H2,1-3H3,(H,14,16). The Balaban J connectivity index is 2.18. The van der Waals surface area contributed by atoms with Crippen LogP contribution in [0.3, 0.4) is 0 Å². The van der Waals surface area contributed by atoms with E-state index in [0.717, 1.165) is 18.5 Å². The Morgan fingerprint density at radius 3 is 2.76 bits per heavy atom. The van der Waals surface area contributed by atoms with Gasteiger partial charge in [0.2, 0.25) is 5.91 Å². The van der Waals surface area contributed by atoms with E-state index < -0.39 is 0 Å². The van der Waals surface area contributed by atoms with Crippen molar-refractivity contribution in [2.75, 3.05) is 6.54 Å². The molecule has 0 bridgehead atoms. The molecule has 0 fully saturated rings. The third-order valence-electron chi connectivity index (χ3n) is 2.61. The van der Waals surface area contributed by atoms with Crippen LogP contribution in [-0.4, -0.2) is 18.5 Å². The van der Waals surface area contributed by atoms with E-state index in [-0.39, 0.29) is 11.9 Å². The molecule has 0 aliphatic carbocycles. The molecular weight excluding hydrogens is 216 g/mol. The van der Waals surface area contributed by atoms with Crippen LogP contribution in [0.25, 0.3) is 0 Å². The van der Waals surface area contributed by atoms with Crippen LogP contribution in [0.1, 0.15) is 32.8 Å². The lowest BCUT2D eigenvalue weighted by molar-refractivity contribution is -0.122. The second-order valence-electron chi connectivity index (χ2n) is 4.71. The Morgan fingerprint density at radius 1 is 1.41 bits per heavy atom. The number of carbonyl (C=O) groups is 1. The normalized spacial score (nSPS) is 12.7. The van der Waals surface area contributed by atoms with Crippen LogP contribution in [0.15, 0.2) is 23.0 Å². The minimum Gasteiger partial charge on any atom is -0.472 e. The van der Waals surface area contributed by atoms with Gasteiger partial charge < -0.3 is 15.1 Å². The molecule has 0 spiro atoms. The first-order valence-electron chi connectivity index (χ1n) is 6.11. The molecule has 1 aromatic heterocycles. The number of carbonyl (C=O) groups excluding carboxylic acids is 1. The Hall–Kier alpha value is -1.29. The number of hydrogen-bond donors (Lipinski definition) is 2. The van der Waals surface area contributed by atoms with Crippen molar-refractivity contribution in [2.45, 2.75) is 39.8 Å². The maximum absolute atomic E-state index is 11.7. The summed E-state index contributed by atoms with van der Waals surface area (Å²) in [6.07, 6.45) is 4.32. The lowest BCUT2D eigenvalue weighted by Gasteiger charge is -2.14. The fourth-order valence-corrected chi connectivity index (χ4v) is 1.39. The van der Waals surface area contributed by atoms with Crippen molar-refractivity contribution in [1.29, 1.82) is 0 Å². The van der Waals surface area contributed by atoms with E-state index in [0.29, 0.717) is 12.5 Å². The molecule has 0 aliphatic rings. The van der Waals surface area contributed by atoms with Crippen LogP contribution in [0.2, 0.25) is 0 Å². The van der Waals surface area contributed by atoms with E-state index in [1.807, 2.05) is 13.0 Å². The van der Waals surface area contributed by atoms with Crippen LogP contribution in [0.4, 0.5) is 0 Å². The predicted molar refractivity (Wildman–Crippen MR) is 67.5 cm³/mol.